The molecule has 2 rings (SSSR count). The fraction of sp³-hybridized carbons (Fsp3) is 0. The van der Waals surface area contributed by atoms with Gasteiger partial charge in [0.25, 0.3) is 5.56 Å². The number of rotatable bonds is 1. The van der Waals surface area contributed by atoms with E-state index >= 15 is 0 Å². The Bertz CT molecular complexity index is 621. The van der Waals surface area contributed by atoms with Crippen LogP contribution in [0.4, 0.5) is 10.5 Å². The minimum atomic E-state index is -1.20. The molecular formula is C10H7ClN2O3. The maximum absolute atomic E-state index is 11.4. The quantitative estimate of drug-likeness (QED) is 0.713. The molecule has 0 fully saturated rings. The summed E-state index contributed by atoms with van der Waals surface area (Å²) in [6.45, 7) is 0. The lowest BCUT2D eigenvalue weighted by Crippen LogP contribution is -2.09. The van der Waals surface area contributed by atoms with Crippen molar-refractivity contribution in [2.75, 3.05) is 5.32 Å². The molecule has 82 valence electrons. The van der Waals surface area contributed by atoms with E-state index in [0.29, 0.717) is 10.8 Å². The zero-order valence-electron chi connectivity index (χ0n) is 7.95. The number of aromatic amines is 1. The maximum atomic E-state index is 11.4. The van der Waals surface area contributed by atoms with Crippen LogP contribution in [0.2, 0.25) is 5.02 Å². The molecule has 1 aromatic heterocycles. The Labute approximate surface area is 94.7 Å². The predicted molar refractivity (Wildman–Crippen MR) is 61.2 cm³/mol. The summed E-state index contributed by atoms with van der Waals surface area (Å²) in [5, 5.41) is 12.0. The molecule has 0 spiro atoms. The number of carbonyl (C=O) groups is 1. The summed E-state index contributed by atoms with van der Waals surface area (Å²) in [6, 6.07) is 4.61. The first-order chi connectivity index (χ1) is 7.58. The van der Waals surface area contributed by atoms with Crippen LogP contribution in [0.25, 0.3) is 10.8 Å². The third kappa shape index (κ3) is 1.85. The van der Waals surface area contributed by atoms with Gasteiger partial charge in [0.1, 0.15) is 0 Å². The van der Waals surface area contributed by atoms with E-state index in [0.717, 1.165) is 0 Å². The standard InChI is InChI=1S/C10H7ClN2O3/c11-7-4-6-5(1-2-12-9(6)14)3-8(7)13-10(15)16/h1-4,13H,(H,12,14)(H,15,16). The van der Waals surface area contributed by atoms with Crippen LogP contribution >= 0.6 is 11.6 Å². The van der Waals surface area contributed by atoms with E-state index in [4.69, 9.17) is 16.7 Å². The topological polar surface area (TPSA) is 82.2 Å². The van der Waals surface area contributed by atoms with E-state index in [2.05, 4.69) is 10.3 Å². The van der Waals surface area contributed by atoms with Gasteiger partial charge in [-0.2, -0.15) is 0 Å². The van der Waals surface area contributed by atoms with Gasteiger partial charge in [0.05, 0.1) is 10.7 Å². The molecule has 6 heteroatoms. The SMILES string of the molecule is O=C(O)Nc1cc2cc[nH]c(=O)c2cc1Cl. The number of anilines is 1. The summed E-state index contributed by atoms with van der Waals surface area (Å²) in [4.78, 5) is 24.4. The third-order valence-electron chi connectivity index (χ3n) is 2.10. The van der Waals surface area contributed by atoms with Crippen molar-refractivity contribution in [2.45, 2.75) is 0 Å². The molecule has 0 aliphatic carbocycles. The Kier molecular flexibility index (Phi) is 2.54. The second-order valence-corrected chi connectivity index (χ2v) is 3.56. The van der Waals surface area contributed by atoms with Crippen LogP contribution in [0.3, 0.4) is 0 Å². The molecule has 1 aromatic carbocycles. The van der Waals surface area contributed by atoms with Gasteiger partial charge in [0.2, 0.25) is 0 Å². The van der Waals surface area contributed by atoms with Crippen molar-refractivity contribution in [3.05, 3.63) is 39.8 Å². The summed E-state index contributed by atoms with van der Waals surface area (Å²) in [6.07, 6.45) is 0.287. The molecule has 0 unspecified atom stereocenters. The zero-order valence-corrected chi connectivity index (χ0v) is 8.71. The van der Waals surface area contributed by atoms with Gasteiger partial charge in [-0.15, -0.1) is 0 Å². The van der Waals surface area contributed by atoms with Crippen molar-refractivity contribution in [2.24, 2.45) is 0 Å². The number of H-pyrrole nitrogens is 1. The van der Waals surface area contributed by atoms with Crippen LogP contribution in [0, 0.1) is 0 Å². The molecule has 5 nitrogen and oxygen atoms in total. The number of halogens is 1. The number of pyridine rings is 1. The highest BCUT2D eigenvalue weighted by Crippen LogP contribution is 2.26. The van der Waals surface area contributed by atoms with Crippen molar-refractivity contribution in [3.8, 4) is 0 Å². The van der Waals surface area contributed by atoms with Crippen LogP contribution in [0.5, 0.6) is 0 Å². The lowest BCUT2D eigenvalue weighted by molar-refractivity contribution is 0.210. The highest BCUT2D eigenvalue weighted by molar-refractivity contribution is 6.34. The van der Waals surface area contributed by atoms with Crippen LogP contribution < -0.4 is 10.9 Å². The lowest BCUT2D eigenvalue weighted by atomic mass is 10.1. The molecule has 0 saturated carbocycles. The number of hydrogen-bond donors (Lipinski definition) is 3. The number of benzene rings is 1. The molecule has 0 atom stereocenters. The largest absolute Gasteiger partial charge is 0.465 e. The van der Waals surface area contributed by atoms with Gasteiger partial charge >= 0.3 is 6.09 Å². The second kappa shape index (κ2) is 3.86. The minimum absolute atomic E-state index is 0.187. The average Bonchev–Trinajstić information content (AvgIpc) is 2.20. The number of amides is 1. The Hall–Kier alpha value is -2.01. The third-order valence-corrected chi connectivity index (χ3v) is 2.42. The fourth-order valence-electron chi connectivity index (χ4n) is 1.42. The Balaban J connectivity index is 2.67. The number of aromatic nitrogens is 1. The summed E-state index contributed by atoms with van der Waals surface area (Å²) in [5.41, 5.74) is -0.00598. The molecular weight excluding hydrogens is 232 g/mol. The van der Waals surface area contributed by atoms with Crippen molar-refractivity contribution >= 4 is 34.2 Å². The Morgan fingerprint density at radius 3 is 2.88 bits per heavy atom. The number of nitrogens with one attached hydrogen (secondary N) is 2. The van der Waals surface area contributed by atoms with E-state index in [1.165, 1.54) is 18.3 Å². The van der Waals surface area contributed by atoms with E-state index < -0.39 is 6.09 Å². The van der Waals surface area contributed by atoms with Crippen LogP contribution in [-0.2, 0) is 0 Å². The van der Waals surface area contributed by atoms with Gasteiger partial charge in [-0.3, -0.25) is 10.1 Å². The first kappa shape index (κ1) is 10.5. The highest BCUT2D eigenvalue weighted by atomic mass is 35.5. The molecule has 2 aromatic rings. The second-order valence-electron chi connectivity index (χ2n) is 3.16. The van der Waals surface area contributed by atoms with Crippen LogP contribution in [0.15, 0.2) is 29.2 Å². The summed E-state index contributed by atoms with van der Waals surface area (Å²) in [5.74, 6) is 0. The first-order valence-corrected chi connectivity index (χ1v) is 4.76. The van der Waals surface area contributed by atoms with Crippen molar-refractivity contribution in [1.29, 1.82) is 0 Å². The highest BCUT2D eigenvalue weighted by Gasteiger charge is 2.07. The molecule has 0 aliphatic heterocycles. The minimum Gasteiger partial charge on any atom is -0.465 e. The summed E-state index contributed by atoms with van der Waals surface area (Å²) in [7, 11) is 0. The van der Waals surface area contributed by atoms with E-state index in [1.54, 1.807) is 6.07 Å². The lowest BCUT2D eigenvalue weighted by Gasteiger charge is -2.05. The molecule has 0 bridgehead atoms. The Morgan fingerprint density at radius 1 is 1.44 bits per heavy atom. The zero-order chi connectivity index (χ0) is 11.7. The van der Waals surface area contributed by atoms with E-state index in [9.17, 15) is 9.59 Å². The van der Waals surface area contributed by atoms with Gasteiger partial charge in [0, 0.05) is 11.6 Å². The van der Waals surface area contributed by atoms with E-state index in [-0.39, 0.29) is 16.3 Å². The van der Waals surface area contributed by atoms with Gasteiger partial charge in [-0.05, 0) is 23.6 Å². The van der Waals surface area contributed by atoms with E-state index in [1.807, 2.05) is 0 Å². The molecule has 16 heavy (non-hydrogen) atoms. The Morgan fingerprint density at radius 2 is 2.19 bits per heavy atom. The molecule has 1 heterocycles. The van der Waals surface area contributed by atoms with Crippen molar-refractivity contribution in [1.82, 2.24) is 4.98 Å². The van der Waals surface area contributed by atoms with Gasteiger partial charge in [-0.1, -0.05) is 11.6 Å². The van der Waals surface area contributed by atoms with Gasteiger partial charge in [-0.25, -0.2) is 4.79 Å². The van der Waals surface area contributed by atoms with Gasteiger partial charge in [0.15, 0.2) is 0 Å². The van der Waals surface area contributed by atoms with Crippen molar-refractivity contribution < 1.29 is 9.90 Å². The molecule has 0 aliphatic rings. The normalized spacial score (nSPS) is 10.3. The molecule has 0 saturated heterocycles. The fourth-order valence-corrected chi connectivity index (χ4v) is 1.63. The molecule has 0 radical (unpaired) electrons. The predicted octanol–water partition coefficient (Wildman–Crippen LogP) is 2.27. The average molecular weight is 239 g/mol. The number of fused-ring (bicyclic) bond motifs is 1. The number of hydrogen-bond acceptors (Lipinski definition) is 2. The molecule has 3 N–H and O–H groups in total. The van der Waals surface area contributed by atoms with Crippen LogP contribution in [0.1, 0.15) is 0 Å². The number of carboxylic acid groups (broad SMARTS) is 1. The monoisotopic (exact) mass is 238 g/mol. The van der Waals surface area contributed by atoms with Gasteiger partial charge < -0.3 is 10.1 Å². The summed E-state index contributed by atoms with van der Waals surface area (Å²) < 4.78 is 0. The molecule has 1 amide bonds. The first-order valence-electron chi connectivity index (χ1n) is 4.39. The smallest absolute Gasteiger partial charge is 0.409 e. The maximum Gasteiger partial charge on any atom is 0.409 e. The van der Waals surface area contributed by atoms with Crippen LogP contribution in [-0.4, -0.2) is 16.2 Å². The summed E-state index contributed by atoms with van der Waals surface area (Å²) >= 11 is 5.84. The van der Waals surface area contributed by atoms with Crippen molar-refractivity contribution in [3.63, 3.8) is 0 Å².